The first-order chi connectivity index (χ1) is 12.8. The zero-order valence-corrected chi connectivity index (χ0v) is 15.2. The van der Waals surface area contributed by atoms with E-state index < -0.39 is 0 Å². The molecular weight excluding hydrogens is 342 g/mol. The summed E-state index contributed by atoms with van der Waals surface area (Å²) in [5.41, 5.74) is 3.70. The molecule has 0 aliphatic carbocycles. The largest absolute Gasteiger partial charge is 0.339 e. The number of para-hydroxylation sites is 1. The third-order valence-electron chi connectivity index (χ3n) is 4.46. The van der Waals surface area contributed by atoms with Gasteiger partial charge in [-0.1, -0.05) is 48.2 Å². The highest BCUT2D eigenvalue weighted by Crippen LogP contribution is 2.21. The predicted octanol–water partition coefficient (Wildman–Crippen LogP) is 3.09. The average molecular weight is 361 g/mol. The van der Waals surface area contributed by atoms with Gasteiger partial charge in [-0.05, 0) is 29.7 Å². The summed E-state index contributed by atoms with van der Waals surface area (Å²) in [6.07, 6.45) is 1.08. The maximum atomic E-state index is 12.2. The Balaban J connectivity index is 1.27. The molecule has 0 spiro atoms. The van der Waals surface area contributed by atoms with E-state index in [4.69, 9.17) is 0 Å². The molecule has 1 N–H and O–H groups in total. The second kappa shape index (κ2) is 7.69. The molecule has 1 aliphatic rings. The Hall–Kier alpha value is -2.68. The number of carbonyl (C=O) groups excluding carboxylic acids is 1. The second-order valence-electron chi connectivity index (χ2n) is 6.25. The number of benzene rings is 2. The summed E-state index contributed by atoms with van der Waals surface area (Å²) in [4.78, 5) is 18.9. The lowest BCUT2D eigenvalue weighted by Crippen LogP contribution is -2.30. The molecule has 4 rings (SSSR count). The van der Waals surface area contributed by atoms with E-state index in [1.54, 1.807) is 0 Å². The minimum Gasteiger partial charge on any atom is -0.339 e. The molecule has 1 amide bonds. The van der Waals surface area contributed by atoms with Gasteiger partial charge in [-0.25, -0.2) is 4.98 Å². The summed E-state index contributed by atoms with van der Waals surface area (Å²) in [5.74, 6) is 6.05. The van der Waals surface area contributed by atoms with Crippen molar-refractivity contribution in [3.8, 4) is 11.8 Å². The number of carbonyl (C=O) groups is 1. The van der Waals surface area contributed by atoms with Gasteiger partial charge in [0.15, 0.2) is 5.01 Å². The Morgan fingerprint density at radius 2 is 1.92 bits per heavy atom. The number of amides is 1. The zero-order chi connectivity index (χ0) is 17.8. The third kappa shape index (κ3) is 3.77. The molecule has 1 aromatic heterocycles. The SMILES string of the molecule is O=C(NCC#CCN1CCc2ccccc2C1)c1nc2ccccc2s1. The van der Waals surface area contributed by atoms with E-state index in [1.165, 1.54) is 22.5 Å². The lowest BCUT2D eigenvalue weighted by atomic mass is 10.0. The van der Waals surface area contributed by atoms with Crippen LogP contribution in [-0.2, 0) is 13.0 Å². The number of nitrogens with one attached hydrogen (secondary N) is 1. The fourth-order valence-corrected chi connectivity index (χ4v) is 3.97. The van der Waals surface area contributed by atoms with Crippen LogP contribution in [0.4, 0.5) is 0 Å². The van der Waals surface area contributed by atoms with Crippen molar-refractivity contribution in [2.75, 3.05) is 19.6 Å². The van der Waals surface area contributed by atoms with E-state index in [1.807, 2.05) is 24.3 Å². The summed E-state index contributed by atoms with van der Waals surface area (Å²) >= 11 is 1.41. The van der Waals surface area contributed by atoms with Crippen molar-refractivity contribution in [2.45, 2.75) is 13.0 Å². The zero-order valence-electron chi connectivity index (χ0n) is 14.4. The van der Waals surface area contributed by atoms with Gasteiger partial charge in [0.25, 0.3) is 5.91 Å². The summed E-state index contributed by atoms with van der Waals surface area (Å²) < 4.78 is 1.02. The van der Waals surface area contributed by atoms with Crippen molar-refractivity contribution in [1.29, 1.82) is 0 Å². The van der Waals surface area contributed by atoms with Crippen LogP contribution in [0.5, 0.6) is 0 Å². The van der Waals surface area contributed by atoms with E-state index in [0.29, 0.717) is 11.6 Å². The molecule has 130 valence electrons. The molecule has 0 saturated heterocycles. The van der Waals surface area contributed by atoms with Crippen LogP contribution >= 0.6 is 11.3 Å². The van der Waals surface area contributed by atoms with Crippen molar-refractivity contribution in [3.05, 3.63) is 64.7 Å². The second-order valence-corrected chi connectivity index (χ2v) is 7.28. The van der Waals surface area contributed by atoms with Crippen LogP contribution in [-0.4, -0.2) is 35.4 Å². The van der Waals surface area contributed by atoms with Crippen molar-refractivity contribution in [3.63, 3.8) is 0 Å². The number of aromatic nitrogens is 1. The first-order valence-corrected chi connectivity index (χ1v) is 9.50. The van der Waals surface area contributed by atoms with Crippen LogP contribution in [0.3, 0.4) is 0 Å². The monoisotopic (exact) mass is 361 g/mol. The maximum Gasteiger partial charge on any atom is 0.281 e. The lowest BCUT2D eigenvalue weighted by Gasteiger charge is -2.26. The molecule has 2 heterocycles. The highest BCUT2D eigenvalue weighted by Gasteiger charge is 2.14. The highest BCUT2D eigenvalue weighted by atomic mass is 32.1. The smallest absolute Gasteiger partial charge is 0.281 e. The van der Waals surface area contributed by atoms with E-state index in [2.05, 4.69) is 51.3 Å². The molecule has 0 bridgehead atoms. The number of nitrogens with zero attached hydrogens (tertiary/aromatic N) is 2. The fraction of sp³-hybridized carbons (Fsp3) is 0.238. The van der Waals surface area contributed by atoms with E-state index in [-0.39, 0.29) is 5.91 Å². The Morgan fingerprint density at radius 1 is 1.12 bits per heavy atom. The van der Waals surface area contributed by atoms with Crippen molar-refractivity contribution >= 4 is 27.5 Å². The summed E-state index contributed by atoms with van der Waals surface area (Å²) in [6, 6.07) is 16.3. The molecule has 0 atom stereocenters. The highest BCUT2D eigenvalue weighted by molar-refractivity contribution is 7.20. The van der Waals surface area contributed by atoms with Gasteiger partial charge in [-0.2, -0.15) is 0 Å². The van der Waals surface area contributed by atoms with Gasteiger partial charge in [-0.3, -0.25) is 9.69 Å². The van der Waals surface area contributed by atoms with E-state index >= 15 is 0 Å². The molecule has 0 fully saturated rings. The van der Waals surface area contributed by atoms with Gasteiger partial charge < -0.3 is 5.32 Å². The minimum atomic E-state index is -0.160. The molecule has 26 heavy (non-hydrogen) atoms. The third-order valence-corrected chi connectivity index (χ3v) is 5.50. The molecule has 0 saturated carbocycles. The van der Waals surface area contributed by atoms with Crippen molar-refractivity contribution in [2.24, 2.45) is 0 Å². The first kappa shape index (κ1) is 16.8. The van der Waals surface area contributed by atoms with Gasteiger partial charge in [0.05, 0.1) is 23.3 Å². The Labute approximate surface area is 156 Å². The average Bonchev–Trinajstić information content (AvgIpc) is 3.12. The first-order valence-electron chi connectivity index (χ1n) is 8.68. The molecule has 0 radical (unpaired) electrons. The molecule has 4 nitrogen and oxygen atoms in total. The number of rotatable bonds is 3. The Morgan fingerprint density at radius 3 is 2.81 bits per heavy atom. The number of hydrogen-bond donors (Lipinski definition) is 1. The van der Waals surface area contributed by atoms with Crippen LogP contribution in [0, 0.1) is 11.8 Å². The molecule has 2 aromatic carbocycles. The van der Waals surface area contributed by atoms with Gasteiger partial charge in [0.2, 0.25) is 0 Å². The minimum absolute atomic E-state index is 0.160. The lowest BCUT2D eigenvalue weighted by molar-refractivity contribution is 0.0958. The van der Waals surface area contributed by atoms with Gasteiger partial charge in [0.1, 0.15) is 0 Å². The molecule has 5 heteroatoms. The summed E-state index contributed by atoms with van der Waals surface area (Å²) in [5, 5.41) is 3.32. The number of fused-ring (bicyclic) bond motifs is 2. The van der Waals surface area contributed by atoms with E-state index in [9.17, 15) is 4.79 Å². The summed E-state index contributed by atoms with van der Waals surface area (Å²) in [6.45, 7) is 3.05. The molecular formula is C21H19N3OS. The standard InChI is InChI=1S/C21H19N3OS/c25-20(21-23-18-9-3-4-10-19(18)26-21)22-12-5-6-13-24-14-11-16-7-1-2-8-17(16)15-24/h1-4,7-10H,11-15H2,(H,22,25). The quantitative estimate of drug-likeness (QED) is 0.729. The molecule has 0 unspecified atom stereocenters. The number of hydrogen-bond acceptors (Lipinski definition) is 4. The summed E-state index contributed by atoms with van der Waals surface area (Å²) in [7, 11) is 0. The van der Waals surface area contributed by atoms with Crippen LogP contribution in [0.2, 0.25) is 0 Å². The Kier molecular flexibility index (Phi) is 4.96. The van der Waals surface area contributed by atoms with Crippen molar-refractivity contribution in [1.82, 2.24) is 15.2 Å². The van der Waals surface area contributed by atoms with Crippen molar-refractivity contribution < 1.29 is 4.79 Å². The van der Waals surface area contributed by atoms with Gasteiger partial charge >= 0.3 is 0 Å². The van der Waals surface area contributed by atoms with Crippen LogP contribution in [0.25, 0.3) is 10.2 Å². The van der Waals surface area contributed by atoms with Crippen LogP contribution in [0.15, 0.2) is 48.5 Å². The molecule has 3 aromatic rings. The van der Waals surface area contributed by atoms with Crippen LogP contribution in [0.1, 0.15) is 20.9 Å². The number of thiazole rings is 1. The molecule has 1 aliphatic heterocycles. The van der Waals surface area contributed by atoms with Gasteiger partial charge in [-0.15, -0.1) is 11.3 Å². The fourth-order valence-electron chi connectivity index (χ4n) is 3.09. The normalized spacial score (nSPS) is 13.7. The predicted molar refractivity (Wildman–Crippen MR) is 105 cm³/mol. The van der Waals surface area contributed by atoms with E-state index in [0.717, 1.165) is 36.3 Å². The van der Waals surface area contributed by atoms with Crippen LogP contribution < -0.4 is 5.32 Å². The van der Waals surface area contributed by atoms with Gasteiger partial charge in [0, 0.05) is 13.1 Å². The maximum absolute atomic E-state index is 12.2. The Bertz CT molecular complexity index is 966. The topological polar surface area (TPSA) is 45.2 Å².